The van der Waals surface area contributed by atoms with Gasteiger partial charge in [0.05, 0.1) is 17.1 Å². The molecule has 0 unspecified atom stereocenters. The lowest BCUT2D eigenvalue weighted by atomic mass is 10.2. The van der Waals surface area contributed by atoms with Gasteiger partial charge in [0.15, 0.2) is 0 Å². The van der Waals surface area contributed by atoms with Crippen molar-refractivity contribution in [1.82, 2.24) is 10.2 Å². The minimum absolute atomic E-state index is 0.0699. The third-order valence-corrected chi connectivity index (χ3v) is 4.69. The molecule has 1 aromatic rings. The van der Waals surface area contributed by atoms with Gasteiger partial charge in [0.25, 0.3) is 5.91 Å². The fourth-order valence-corrected chi connectivity index (χ4v) is 3.63. The fourth-order valence-electron chi connectivity index (χ4n) is 2.72. The van der Waals surface area contributed by atoms with Gasteiger partial charge in [-0.2, -0.15) is 0 Å². The van der Waals surface area contributed by atoms with E-state index < -0.39 is 0 Å². The molecule has 0 aromatic carbocycles. The normalized spacial score (nSPS) is 21.7. The molecule has 5 nitrogen and oxygen atoms in total. The summed E-state index contributed by atoms with van der Waals surface area (Å²) in [5.41, 5.74) is 1.06. The Bertz CT molecular complexity index is 519. The lowest BCUT2D eigenvalue weighted by Crippen LogP contribution is -2.48. The summed E-state index contributed by atoms with van der Waals surface area (Å²) in [5.74, 6) is -0.00689. The molecule has 0 radical (unpaired) electrons. The molecule has 1 fully saturated rings. The van der Waals surface area contributed by atoms with Crippen LogP contribution < -0.4 is 5.32 Å². The predicted molar refractivity (Wildman–Crippen MR) is 87.2 cm³/mol. The van der Waals surface area contributed by atoms with E-state index in [2.05, 4.69) is 5.32 Å². The van der Waals surface area contributed by atoms with Crippen molar-refractivity contribution in [3.05, 3.63) is 21.9 Å². The second-order valence-electron chi connectivity index (χ2n) is 5.69. The number of carbonyl (C=O) groups excluding carboxylic acids is 2. The zero-order valence-corrected chi connectivity index (χ0v) is 14.2. The summed E-state index contributed by atoms with van der Waals surface area (Å²) in [6.45, 7) is 7.60. The lowest BCUT2D eigenvalue weighted by molar-refractivity contribution is -0.143. The molecule has 2 rings (SSSR count). The van der Waals surface area contributed by atoms with Gasteiger partial charge in [-0.15, -0.1) is 11.3 Å². The highest BCUT2D eigenvalue weighted by atomic mass is 32.1. The summed E-state index contributed by atoms with van der Waals surface area (Å²) < 4.78 is 5.62. The van der Waals surface area contributed by atoms with E-state index in [1.54, 1.807) is 0 Å². The zero-order valence-electron chi connectivity index (χ0n) is 13.4. The highest BCUT2D eigenvalue weighted by molar-refractivity contribution is 7.12. The summed E-state index contributed by atoms with van der Waals surface area (Å²) in [5, 5.41) is 4.77. The van der Waals surface area contributed by atoms with Crippen molar-refractivity contribution in [2.45, 2.75) is 45.8 Å². The number of nitrogens with one attached hydrogen (secondary N) is 1. The highest BCUT2D eigenvalue weighted by Crippen LogP contribution is 2.17. The first-order valence-electron chi connectivity index (χ1n) is 7.79. The van der Waals surface area contributed by atoms with Crippen molar-refractivity contribution < 1.29 is 14.3 Å². The third-order valence-electron chi connectivity index (χ3n) is 3.73. The van der Waals surface area contributed by atoms with Crippen molar-refractivity contribution in [3.8, 4) is 0 Å². The predicted octanol–water partition coefficient (Wildman–Crippen LogP) is 2.07. The van der Waals surface area contributed by atoms with Crippen molar-refractivity contribution >= 4 is 23.2 Å². The Balaban J connectivity index is 1.78. The number of aryl methyl sites for hydroxylation is 1. The molecular formula is C16H24N2O3S. The van der Waals surface area contributed by atoms with Crippen LogP contribution in [0.1, 0.15) is 42.4 Å². The van der Waals surface area contributed by atoms with Gasteiger partial charge in [-0.1, -0.05) is 6.92 Å². The second kappa shape index (κ2) is 7.74. The molecule has 22 heavy (non-hydrogen) atoms. The van der Waals surface area contributed by atoms with E-state index in [1.807, 2.05) is 37.1 Å². The van der Waals surface area contributed by atoms with Crippen LogP contribution in [0.5, 0.6) is 0 Å². The van der Waals surface area contributed by atoms with Crippen LogP contribution in [-0.2, 0) is 16.0 Å². The quantitative estimate of drug-likeness (QED) is 0.902. The molecular weight excluding hydrogens is 300 g/mol. The number of nitrogens with zero attached hydrogens (tertiary/aromatic N) is 1. The molecule has 2 amide bonds. The number of hydrogen-bond acceptors (Lipinski definition) is 4. The molecule has 0 saturated carbocycles. The Labute approximate surface area is 135 Å². The van der Waals surface area contributed by atoms with Gasteiger partial charge in [-0.05, 0) is 37.3 Å². The third kappa shape index (κ3) is 4.30. The second-order valence-corrected chi connectivity index (χ2v) is 6.61. The number of morpholine rings is 1. The van der Waals surface area contributed by atoms with Crippen molar-refractivity contribution in [2.75, 3.05) is 19.6 Å². The van der Waals surface area contributed by atoms with Gasteiger partial charge in [0, 0.05) is 26.1 Å². The van der Waals surface area contributed by atoms with Crippen molar-refractivity contribution in [1.29, 1.82) is 0 Å². The number of hydrogen-bond donors (Lipinski definition) is 1. The maximum atomic E-state index is 12.2. The Morgan fingerprint density at radius 1 is 1.36 bits per heavy atom. The summed E-state index contributed by atoms with van der Waals surface area (Å²) in [6, 6.07) is 1.97. The monoisotopic (exact) mass is 324 g/mol. The number of amides is 2. The molecule has 1 aliphatic heterocycles. The molecule has 122 valence electrons. The van der Waals surface area contributed by atoms with E-state index in [0.29, 0.717) is 26.1 Å². The van der Waals surface area contributed by atoms with Gasteiger partial charge in [0.2, 0.25) is 5.91 Å². The number of ether oxygens (including phenoxy) is 1. The lowest BCUT2D eigenvalue weighted by Gasteiger charge is -2.35. The molecule has 6 heteroatoms. The maximum absolute atomic E-state index is 12.2. The minimum Gasteiger partial charge on any atom is -0.372 e. The smallest absolute Gasteiger partial charge is 0.261 e. The molecule has 2 atom stereocenters. The van der Waals surface area contributed by atoms with Gasteiger partial charge < -0.3 is 15.0 Å². The van der Waals surface area contributed by atoms with Gasteiger partial charge in [-0.25, -0.2) is 0 Å². The standard InChI is InChI=1S/C16H24N2O3S/c1-4-13-6-8-22-15(13)16(20)17-7-5-14(19)18-9-11(2)21-12(3)10-18/h6,8,11-12H,4-5,7,9-10H2,1-3H3,(H,17,20)/t11-,12-/m1/s1. The van der Waals surface area contributed by atoms with Gasteiger partial charge in [-0.3, -0.25) is 9.59 Å². The number of thiophene rings is 1. The van der Waals surface area contributed by atoms with E-state index >= 15 is 0 Å². The fraction of sp³-hybridized carbons (Fsp3) is 0.625. The van der Waals surface area contributed by atoms with Gasteiger partial charge >= 0.3 is 0 Å². The van der Waals surface area contributed by atoms with Crippen LogP contribution >= 0.6 is 11.3 Å². The van der Waals surface area contributed by atoms with Crippen LogP contribution in [0.15, 0.2) is 11.4 Å². The molecule has 0 bridgehead atoms. The first kappa shape index (κ1) is 17.0. The van der Waals surface area contributed by atoms with Crippen molar-refractivity contribution in [2.24, 2.45) is 0 Å². The molecule has 2 heterocycles. The van der Waals surface area contributed by atoms with Crippen molar-refractivity contribution in [3.63, 3.8) is 0 Å². The summed E-state index contributed by atoms with van der Waals surface area (Å²) in [7, 11) is 0. The van der Waals surface area contributed by atoms with E-state index in [9.17, 15) is 9.59 Å². The molecule has 1 N–H and O–H groups in total. The van der Waals surface area contributed by atoms with Gasteiger partial charge in [0.1, 0.15) is 0 Å². The van der Waals surface area contributed by atoms with Crippen LogP contribution in [0, 0.1) is 0 Å². The topological polar surface area (TPSA) is 58.6 Å². The Kier molecular flexibility index (Phi) is 5.97. The largest absolute Gasteiger partial charge is 0.372 e. The van der Waals surface area contributed by atoms with Crippen LogP contribution in [0.4, 0.5) is 0 Å². The Hall–Kier alpha value is -1.40. The first-order chi connectivity index (χ1) is 10.5. The maximum Gasteiger partial charge on any atom is 0.261 e. The summed E-state index contributed by atoms with van der Waals surface area (Å²) >= 11 is 1.45. The van der Waals surface area contributed by atoms with E-state index in [0.717, 1.165) is 16.9 Å². The average Bonchev–Trinajstić information content (AvgIpc) is 2.94. The molecule has 0 aliphatic carbocycles. The zero-order chi connectivity index (χ0) is 16.1. The van der Waals surface area contributed by atoms with E-state index in [4.69, 9.17) is 4.74 Å². The SMILES string of the molecule is CCc1ccsc1C(=O)NCCC(=O)N1C[C@@H](C)O[C@H](C)C1. The molecule has 1 saturated heterocycles. The van der Waals surface area contributed by atoms with E-state index in [-0.39, 0.29) is 24.0 Å². The Morgan fingerprint density at radius 3 is 2.68 bits per heavy atom. The summed E-state index contributed by atoms with van der Waals surface area (Å²) in [4.78, 5) is 26.9. The minimum atomic E-state index is -0.0802. The molecule has 0 spiro atoms. The van der Waals surface area contributed by atoms with Crippen LogP contribution in [0.2, 0.25) is 0 Å². The van der Waals surface area contributed by atoms with Crippen LogP contribution in [-0.4, -0.2) is 48.6 Å². The number of carbonyl (C=O) groups is 2. The summed E-state index contributed by atoms with van der Waals surface area (Å²) in [6.07, 6.45) is 1.31. The van der Waals surface area contributed by atoms with Crippen LogP contribution in [0.3, 0.4) is 0 Å². The van der Waals surface area contributed by atoms with Crippen LogP contribution in [0.25, 0.3) is 0 Å². The average molecular weight is 324 g/mol. The first-order valence-corrected chi connectivity index (χ1v) is 8.67. The van der Waals surface area contributed by atoms with E-state index in [1.165, 1.54) is 11.3 Å². The molecule has 1 aliphatic rings. The Morgan fingerprint density at radius 2 is 2.05 bits per heavy atom. The molecule has 1 aromatic heterocycles. The number of rotatable bonds is 5. The highest BCUT2D eigenvalue weighted by Gasteiger charge is 2.25.